The van der Waals surface area contributed by atoms with E-state index in [1.165, 1.54) is 0 Å². The highest BCUT2D eigenvalue weighted by molar-refractivity contribution is 6.06. The smallest absolute Gasteiger partial charge is 0.437 e. The summed E-state index contributed by atoms with van der Waals surface area (Å²) in [7, 11) is 1.15. The number of methoxy groups -OCH3 is 1. The second-order valence-corrected chi connectivity index (χ2v) is 3.37. The maximum Gasteiger partial charge on any atom is 0.516 e. The largest absolute Gasteiger partial charge is 0.516 e. The minimum atomic E-state index is -1.01. The normalized spacial score (nSPS) is 9.94. The lowest BCUT2D eigenvalue weighted by atomic mass is 10.1. The second kappa shape index (κ2) is 4.65. The molecule has 0 saturated heterocycles. The van der Waals surface area contributed by atoms with Crippen molar-refractivity contribution in [1.82, 2.24) is 0 Å². The zero-order valence-electron chi connectivity index (χ0n) is 9.17. The Morgan fingerprint density at radius 3 is 2.47 bits per heavy atom. The summed E-state index contributed by atoms with van der Waals surface area (Å²) in [6.45, 7) is 0. The molecule has 0 fully saturated rings. The molecule has 0 aliphatic heterocycles. The van der Waals surface area contributed by atoms with Gasteiger partial charge in [0.25, 0.3) is 0 Å². The molecule has 2 rings (SSSR count). The number of hydrogen-bond acceptors (Lipinski definition) is 4. The van der Waals surface area contributed by atoms with E-state index in [2.05, 4.69) is 9.47 Å². The van der Waals surface area contributed by atoms with E-state index >= 15 is 0 Å². The topological polar surface area (TPSA) is 52.6 Å². The average Bonchev–Trinajstić information content (AvgIpc) is 2.37. The van der Waals surface area contributed by atoms with E-state index in [9.17, 15) is 9.59 Å². The zero-order chi connectivity index (χ0) is 12.3. The molecule has 0 aliphatic rings. The van der Waals surface area contributed by atoms with Gasteiger partial charge in [-0.05, 0) is 16.8 Å². The summed E-state index contributed by atoms with van der Waals surface area (Å²) in [5.74, 6) is -0.714. The molecule has 4 nitrogen and oxygen atoms in total. The van der Waals surface area contributed by atoms with Gasteiger partial charge in [-0.15, -0.1) is 0 Å². The summed E-state index contributed by atoms with van der Waals surface area (Å²) in [5, 5.41) is 1.65. The summed E-state index contributed by atoms with van der Waals surface area (Å²) in [6, 6.07) is 12.6. The van der Waals surface area contributed by atoms with Crippen LogP contribution >= 0.6 is 0 Å². The Kier molecular flexibility index (Phi) is 3.05. The number of carbonyl (C=O) groups excluding carboxylic acids is 2. The molecule has 0 saturated carbocycles. The van der Waals surface area contributed by atoms with Gasteiger partial charge in [0.15, 0.2) is 0 Å². The summed E-state index contributed by atoms with van der Waals surface area (Å²) >= 11 is 0. The molecule has 4 heteroatoms. The molecule has 0 atom stereocenters. The van der Waals surface area contributed by atoms with Gasteiger partial charge in [-0.3, -0.25) is 0 Å². The van der Waals surface area contributed by atoms with Crippen LogP contribution in [0.15, 0.2) is 42.5 Å². The zero-order valence-corrected chi connectivity index (χ0v) is 9.17. The maximum atomic E-state index is 11.7. The van der Waals surface area contributed by atoms with Gasteiger partial charge in [0, 0.05) is 0 Å². The van der Waals surface area contributed by atoms with E-state index in [-0.39, 0.29) is 0 Å². The third-order valence-corrected chi connectivity index (χ3v) is 2.35. The highest BCUT2D eigenvalue weighted by atomic mass is 16.7. The molecule has 86 valence electrons. The Labute approximate surface area is 97.8 Å². The van der Waals surface area contributed by atoms with Crippen molar-refractivity contribution in [2.45, 2.75) is 0 Å². The third-order valence-electron chi connectivity index (χ3n) is 2.35. The van der Waals surface area contributed by atoms with Gasteiger partial charge in [0.2, 0.25) is 0 Å². The quantitative estimate of drug-likeness (QED) is 0.558. The fourth-order valence-corrected chi connectivity index (χ4v) is 1.58. The first kappa shape index (κ1) is 11.1. The lowest BCUT2D eigenvalue weighted by Gasteiger charge is -2.04. The van der Waals surface area contributed by atoms with Crippen LogP contribution in [0.5, 0.6) is 0 Å². The Bertz CT molecular complexity index is 569. The molecular formula is C13H10O4. The first-order chi connectivity index (χ1) is 8.22. The number of fused-ring (bicyclic) bond motifs is 1. The van der Waals surface area contributed by atoms with Crippen LogP contribution in [0, 0.1) is 0 Å². The summed E-state index contributed by atoms with van der Waals surface area (Å²) in [4.78, 5) is 22.6. The number of benzene rings is 2. The number of carbonyl (C=O) groups is 2. The molecule has 0 heterocycles. The molecule has 0 radical (unpaired) electrons. The van der Waals surface area contributed by atoms with Gasteiger partial charge in [-0.2, -0.15) is 0 Å². The van der Waals surface area contributed by atoms with Crippen LogP contribution < -0.4 is 0 Å². The van der Waals surface area contributed by atoms with Gasteiger partial charge in [-0.25, -0.2) is 9.59 Å². The fraction of sp³-hybridized carbons (Fsp3) is 0.0769. The minimum Gasteiger partial charge on any atom is -0.437 e. The monoisotopic (exact) mass is 230 g/mol. The van der Waals surface area contributed by atoms with Crippen molar-refractivity contribution in [2.24, 2.45) is 0 Å². The summed E-state index contributed by atoms with van der Waals surface area (Å²) < 4.78 is 8.77. The molecule has 0 unspecified atom stereocenters. The molecule has 2 aromatic rings. The Hall–Kier alpha value is -2.36. The van der Waals surface area contributed by atoms with Crippen LogP contribution in [-0.4, -0.2) is 19.2 Å². The summed E-state index contributed by atoms with van der Waals surface area (Å²) in [5.41, 5.74) is 0.341. The Balaban J connectivity index is 2.41. The highest BCUT2D eigenvalue weighted by Crippen LogP contribution is 2.19. The van der Waals surface area contributed by atoms with Crippen molar-refractivity contribution < 1.29 is 19.1 Å². The fourth-order valence-electron chi connectivity index (χ4n) is 1.58. The van der Waals surface area contributed by atoms with Gasteiger partial charge < -0.3 is 9.47 Å². The first-order valence-electron chi connectivity index (χ1n) is 5.00. The van der Waals surface area contributed by atoms with E-state index in [1.807, 2.05) is 24.3 Å². The predicted molar refractivity (Wildman–Crippen MR) is 61.8 cm³/mol. The predicted octanol–water partition coefficient (Wildman–Crippen LogP) is 2.76. The van der Waals surface area contributed by atoms with E-state index in [0.29, 0.717) is 5.56 Å². The van der Waals surface area contributed by atoms with Crippen LogP contribution in [-0.2, 0) is 9.47 Å². The molecular weight excluding hydrogens is 220 g/mol. The Morgan fingerprint density at radius 2 is 1.71 bits per heavy atom. The van der Waals surface area contributed by atoms with Crippen LogP contribution in [0.1, 0.15) is 10.4 Å². The summed E-state index contributed by atoms with van der Waals surface area (Å²) in [6.07, 6.45) is -1.01. The number of hydrogen-bond donors (Lipinski definition) is 0. The van der Waals surface area contributed by atoms with Crippen LogP contribution in [0.3, 0.4) is 0 Å². The van der Waals surface area contributed by atoms with Crippen molar-refractivity contribution in [2.75, 3.05) is 7.11 Å². The third kappa shape index (κ3) is 2.25. The highest BCUT2D eigenvalue weighted by Gasteiger charge is 2.15. The van der Waals surface area contributed by atoms with Gasteiger partial charge >= 0.3 is 12.1 Å². The molecule has 0 bridgehead atoms. The minimum absolute atomic E-state index is 0.341. The Morgan fingerprint density at radius 1 is 1.00 bits per heavy atom. The number of ether oxygens (including phenoxy) is 2. The number of rotatable bonds is 1. The maximum absolute atomic E-state index is 11.7. The SMILES string of the molecule is COC(=O)OC(=O)c1cccc2ccccc12. The molecule has 0 spiro atoms. The van der Waals surface area contributed by atoms with Crippen LogP contribution in [0.4, 0.5) is 4.79 Å². The van der Waals surface area contributed by atoms with Gasteiger partial charge in [0.1, 0.15) is 0 Å². The van der Waals surface area contributed by atoms with Crippen molar-refractivity contribution >= 4 is 22.9 Å². The van der Waals surface area contributed by atoms with E-state index in [4.69, 9.17) is 0 Å². The van der Waals surface area contributed by atoms with Crippen LogP contribution in [0.2, 0.25) is 0 Å². The van der Waals surface area contributed by atoms with Gasteiger partial charge in [-0.1, -0.05) is 36.4 Å². The average molecular weight is 230 g/mol. The van der Waals surface area contributed by atoms with E-state index in [1.54, 1.807) is 18.2 Å². The lowest BCUT2D eigenvalue weighted by Crippen LogP contribution is -2.12. The van der Waals surface area contributed by atoms with Crippen molar-refractivity contribution in [1.29, 1.82) is 0 Å². The molecule has 17 heavy (non-hydrogen) atoms. The molecule has 0 aliphatic carbocycles. The molecule has 0 aromatic heterocycles. The second-order valence-electron chi connectivity index (χ2n) is 3.37. The van der Waals surface area contributed by atoms with Gasteiger partial charge in [0.05, 0.1) is 12.7 Å². The lowest BCUT2D eigenvalue weighted by molar-refractivity contribution is 0.0454. The standard InChI is InChI=1S/C13H10O4/c1-16-13(15)17-12(14)11-8-4-6-9-5-2-3-7-10(9)11/h2-8H,1H3. The van der Waals surface area contributed by atoms with Crippen molar-refractivity contribution in [3.8, 4) is 0 Å². The molecule has 2 aromatic carbocycles. The van der Waals surface area contributed by atoms with E-state index < -0.39 is 12.1 Å². The van der Waals surface area contributed by atoms with E-state index in [0.717, 1.165) is 17.9 Å². The van der Waals surface area contributed by atoms with Crippen molar-refractivity contribution in [3.63, 3.8) is 0 Å². The first-order valence-corrected chi connectivity index (χ1v) is 5.00. The van der Waals surface area contributed by atoms with Crippen LogP contribution in [0.25, 0.3) is 10.8 Å². The molecule has 0 N–H and O–H groups in total. The molecule has 0 amide bonds. The number of esters is 1. The van der Waals surface area contributed by atoms with Crippen molar-refractivity contribution in [3.05, 3.63) is 48.0 Å².